The van der Waals surface area contributed by atoms with E-state index >= 15 is 0 Å². The van der Waals surface area contributed by atoms with Gasteiger partial charge in [-0.25, -0.2) is 0 Å². The van der Waals surface area contributed by atoms with Crippen molar-refractivity contribution in [2.45, 2.75) is 58.9 Å². The normalized spacial score (nSPS) is 14.3. The molecule has 1 fully saturated rings. The van der Waals surface area contributed by atoms with Crippen molar-refractivity contribution >= 4 is 24.4 Å². The molecule has 0 spiro atoms. The van der Waals surface area contributed by atoms with Crippen LogP contribution in [0, 0.1) is 5.92 Å². The van der Waals surface area contributed by atoms with Gasteiger partial charge in [0.05, 0.1) is 5.69 Å². The van der Waals surface area contributed by atoms with Gasteiger partial charge in [0.15, 0.2) is 0 Å². The summed E-state index contributed by atoms with van der Waals surface area (Å²) in [5.41, 5.74) is 8.44. The average Bonchev–Trinajstić information content (AvgIpc) is 3.63. The maximum Gasteiger partial charge on any atom is 0.209 e. The average molecular weight is 592 g/mol. The Morgan fingerprint density at radius 1 is 1.02 bits per heavy atom. The summed E-state index contributed by atoms with van der Waals surface area (Å²) < 4.78 is 5.41. The Morgan fingerprint density at radius 2 is 1.64 bits per heavy atom. The van der Waals surface area contributed by atoms with Crippen molar-refractivity contribution < 1.29 is 19.2 Å². The van der Waals surface area contributed by atoms with Crippen LogP contribution in [0.3, 0.4) is 0 Å². The van der Waals surface area contributed by atoms with Gasteiger partial charge in [-0.05, 0) is 55.0 Å². The maximum atomic E-state index is 10.1. The van der Waals surface area contributed by atoms with Crippen LogP contribution >= 0.6 is 11.6 Å². The third-order valence-electron chi connectivity index (χ3n) is 7.05. The summed E-state index contributed by atoms with van der Waals surface area (Å²) in [6.07, 6.45) is 4.39. The molecule has 1 saturated heterocycles. The van der Waals surface area contributed by atoms with Gasteiger partial charge in [-0.3, -0.25) is 9.59 Å². The van der Waals surface area contributed by atoms with Crippen LogP contribution < -0.4 is 5.73 Å². The van der Waals surface area contributed by atoms with Crippen molar-refractivity contribution in [3.05, 3.63) is 107 Å². The fraction of sp³-hybridized carbons (Fsp3) is 0.324. The highest BCUT2D eigenvalue weighted by molar-refractivity contribution is 6.33. The highest BCUT2D eigenvalue weighted by atomic mass is 35.5. The molecule has 3 aromatic carbocycles. The molecule has 2 heterocycles. The fourth-order valence-electron chi connectivity index (χ4n) is 4.21. The minimum Gasteiger partial charge on any atom is -0.508 e. The summed E-state index contributed by atoms with van der Waals surface area (Å²) >= 11 is 6.04. The zero-order valence-electron chi connectivity index (χ0n) is 24.8. The van der Waals surface area contributed by atoms with E-state index in [1.54, 1.807) is 12.1 Å². The SMILES string of the molecule is CC(C)C(C)c1cc(Cc2ccccc2)no1.CC1CCCN1C=O.NC=O.Oc1ccc(-c2ccccc2Cl)cc1. The standard InChI is InChI=1S/C15H19NO.C12H9ClO.C6H11NO.CH3NO/c1-11(2)12(3)15-10-14(16-17-15)9-13-7-5-4-6-8-13;13-12-4-2-1-3-11(12)9-5-7-10(14)8-6-9;1-6-3-2-4-7(6)5-8;2-1-3/h4-8,10-12H,9H2,1-3H3;1-8,14H;5-6H,2-4H2,1H3;1H,(H2,2,3). The van der Waals surface area contributed by atoms with Crippen molar-refractivity contribution in [1.29, 1.82) is 0 Å². The summed E-state index contributed by atoms with van der Waals surface area (Å²) in [6.45, 7) is 9.62. The molecule has 2 amide bonds. The molecule has 8 heteroatoms. The van der Waals surface area contributed by atoms with Gasteiger partial charge in [-0.15, -0.1) is 0 Å². The Bertz CT molecular complexity index is 1330. The number of phenolic OH excluding ortho intramolecular Hbond substituents is 1. The zero-order valence-corrected chi connectivity index (χ0v) is 25.6. The fourth-order valence-corrected chi connectivity index (χ4v) is 4.45. The lowest BCUT2D eigenvalue weighted by Crippen LogP contribution is -2.24. The van der Waals surface area contributed by atoms with Crippen molar-refractivity contribution in [2.75, 3.05) is 6.54 Å². The van der Waals surface area contributed by atoms with Crippen molar-refractivity contribution in [1.82, 2.24) is 10.1 Å². The first-order valence-electron chi connectivity index (χ1n) is 14.1. The number of nitrogens with zero attached hydrogens (tertiary/aromatic N) is 2. The van der Waals surface area contributed by atoms with Crippen LogP contribution in [0.2, 0.25) is 5.02 Å². The third-order valence-corrected chi connectivity index (χ3v) is 7.38. The number of hydrogen-bond donors (Lipinski definition) is 2. The van der Waals surface area contributed by atoms with E-state index in [9.17, 15) is 4.79 Å². The van der Waals surface area contributed by atoms with Gasteiger partial charge in [0.2, 0.25) is 12.8 Å². The monoisotopic (exact) mass is 591 g/mol. The molecule has 2 unspecified atom stereocenters. The molecule has 0 radical (unpaired) electrons. The van der Waals surface area contributed by atoms with E-state index in [1.807, 2.05) is 59.5 Å². The van der Waals surface area contributed by atoms with Gasteiger partial charge in [0.25, 0.3) is 0 Å². The van der Waals surface area contributed by atoms with Crippen molar-refractivity contribution in [2.24, 2.45) is 11.7 Å². The van der Waals surface area contributed by atoms with Crippen molar-refractivity contribution in [3.8, 4) is 16.9 Å². The molecule has 7 nitrogen and oxygen atoms in total. The molecule has 3 N–H and O–H groups in total. The number of phenols is 1. The van der Waals surface area contributed by atoms with Crippen LogP contribution in [0.4, 0.5) is 0 Å². The lowest BCUT2D eigenvalue weighted by atomic mass is 9.95. The summed E-state index contributed by atoms with van der Waals surface area (Å²) in [5, 5.41) is 14.0. The largest absolute Gasteiger partial charge is 0.508 e. The molecular formula is C34H42ClN3O4. The Hall–Kier alpha value is -4.10. The molecule has 2 atom stereocenters. The first kappa shape index (κ1) is 34.1. The molecule has 0 aliphatic carbocycles. The third kappa shape index (κ3) is 11.4. The predicted molar refractivity (Wildman–Crippen MR) is 169 cm³/mol. The van der Waals surface area contributed by atoms with E-state index in [0.29, 0.717) is 17.9 Å². The number of aromatic nitrogens is 1. The summed E-state index contributed by atoms with van der Waals surface area (Å²) in [4.78, 5) is 20.6. The van der Waals surface area contributed by atoms with Crippen LogP contribution in [0.1, 0.15) is 63.5 Å². The minimum atomic E-state index is 0.250. The number of nitrogens with two attached hydrogens (primary N) is 1. The molecule has 42 heavy (non-hydrogen) atoms. The Balaban J connectivity index is 0.000000221. The van der Waals surface area contributed by atoms with Crippen LogP contribution in [0.25, 0.3) is 11.1 Å². The van der Waals surface area contributed by atoms with E-state index in [0.717, 1.165) is 47.0 Å². The number of halogens is 1. The van der Waals surface area contributed by atoms with Crippen molar-refractivity contribution in [3.63, 3.8) is 0 Å². The molecule has 1 aliphatic heterocycles. The molecule has 224 valence electrons. The second-order valence-electron chi connectivity index (χ2n) is 10.4. The second-order valence-corrected chi connectivity index (χ2v) is 10.8. The number of benzene rings is 3. The minimum absolute atomic E-state index is 0.250. The maximum absolute atomic E-state index is 10.1. The number of amides is 2. The first-order valence-corrected chi connectivity index (χ1v) is 14.5. The Morgan fingerprint density at radius 3 is 2.17 bits per heavy atom. The van der Waals surface area contributed by atoms with Gasteiger partial charge in [0, 0.05) is 41.6 Å². The topological polar surface area (TPSA) is 110 Å². The lowest BCUT2D eigenvalue weighted by Gasteiger charge is -2.13. The number of primary amides is 1. The molecule has 1 aliphatic rings. The highest BCUT2D eigenvalue weighted by Crippen LogP contribution is 2.28. The number of carbonyl (C=O) groups excluding carboxylic acids is 2. The number of rotatable bonds is 6. The Kier molecular flexibility index (Phi) is 14.9. The molecule has 1 aromatic heterocycles. The zero-order chi connectivity index (χ0) is 30.9. The number of likely N-dealkylation sites (tertiary alicyclic amines) is 1. The van der Waals surface area contributed by atoms with Crippen LogP contribution in [-0.2, 0) is 16.0 Å². The molecule has 0 saturated carbocycles. The van der Waals surface area contributed by atoms with Gasteiger partial charge < -0.3 is 20.3 Å². The van der Waals surface area contributed by atoms with E-state index in [4.69, 9.17) is 26.0 Å². The predicted octanol–water partition coefficient (Wildman–Crippen LogP) is 7.47. The second kappa shape index (κ2) is 18.4. The number of carbonyl (C=O) groups is 2. The van der Waals surface area contributed by atoms with Gasteiger partial charge in [-0.1, -0.05) is 98.2 Å². The summed E-state index contributed by atoms with van der Waals surface area (Å²) in [5.74, 6) is 2.26. The Labute approximate surface area is 254 Å². The summed E-state index contributed by atoms with van der Waals surface area (Å²) in [6, 6.07) is 27.5. The van der Waals surface area contributed by atoms with Crippen LogP contribution in [0.5, 0.6) is 5.75 Å². The molecule has 5 rings (SSSR count). The van der Waals surface area contributed by atoms with Gasteiger partial charge in [-0.2, -0.15) is 0 Å². The highest BCUT2D eigenvalue weighted by Gasteiger charge is 2.17. The summed E-state index contributed by atoms with van der Waals surface area (Å²) in [7, 11) is 0. The first-order chi connectivity index (χ1) is 20.2. The lowest BCUT2D eigenvalue weighted by molar-refractivity contribution is -0.118. The number of hydrogen-bond acceptors (Lipinski definition) is 5. The van der Waals surface area contributed by atoms with Gasteiger partial charge >= 0.3 is 0 Å². The van der Waals surface area contributed by atoms with E-state index < -0.39 is 0 Å². The van der Waals surface area contributed by atoms with Gasteiger partial charge in [0.1, 0.15) is 11.5 Å². The quantitative estimate of drug-likeness (QED) is 0.226. The van der Waals surface area contributed by atoms with E-state index in [1.165, 1.54) is 18.4 Å². The van der Waals surface area contributed by atoms with E-state index in [2.05, 4.69) is 56.8 Å². The van der Waals surface area contributed by atoms with Crippen LogP contribution in [0.15, 0.2) is 89.5 Å². The number of aromatic hydroxyl groups is 1. The molecule has 0 bridgehead atoms. The van der Waals surface area contributed by atoms with Crippen LogP contribution in [-0.4, -0.2) is 40.6 Å². The molecular weight excluding hydrogens is 550 g/mol. The smallest absolute Gasteiger partial charge is 0.209 e. The molecule has 4 aromatic rings. The van der Waals surface area contributed by atoms with E-state index in [-0.39, 0.29) is 12.2 Å².